The molecule has 2 aromatic carbocycles. The zero-order valence-electron chi connectivity index (χ0n) is 16.9. The maximum absolute atomic E-state index is 13.0. The third-order valence-electron chi connectivity index (χ3n) is 6.00. The Morgan fingerprint density at radius 2 is 1.97 bits per heavy atom. The highest BCUT2D eigenvalue weighted by Crippen LogP contribution is 2.34. The van der Waals surface area contributed by atoms with Gasteiger partial charge < -0.3 is 14.8 Å². The molecule has 0 unspecified atom stereocenters. The van der Waals surface area contributed by atoms with Crippen molar-refractivity contribution in [3.8, 4) is 0 Å². The van der Waals surface area contributed by atoms with E-state index in [1.54, 1.807) is 30.0 Å². The Balaban J connectivity index is 1.28. The van der Waals surface area contributed by atoms with E-state index in [0.717, 1.165) is 46.9 Å². The lowest BCUT2D eigenvalue weighted by molar-refractivity contribution is -0.114. The molecule has 1 amide bonds. The number of likely N-dealkylation sites (N-methyl/N-ethyl adjacent to an activating group) is 1. The molecule has 0 aliphatic carbocycles. The molecule has 5 rings (SSSR count). The molecule has 30 heavy (non-hydrogen) atoms. The van der Waals surface area contributed by atoms with Gasteiger partial charge in [-0.15, -0.1) is 11.8 Å². The number of benzene rings is 2. The van der Waals surface area contributed by atoms with Crippen LogP contribution in [0, 0.1) is 5.82 Å². The van der Waals surface area contributed by atoms with Crippen molar-refractivity contribution in [2.45, 2.75) is 17.2 Å². The van der Waals surface area contributed by atoms with Crippen LogP contribution in [0.15, 0.2) is 65.2 Å². The lowest BCUT2D eigenvalue weighted by Crippen LogP contribution is -2.41. The first-order valence-electron chi connectivity index (χ1n) is 10.3. The number of nitrogens with one attached hydrogen (secondary N) is 1. The molecule has 1 fully saturated rings. The summed E-state index contributed by atoms with van der Waals surface area (Å²) in [6, 6.07) is 12.8. The minimum atomic E-state index is -0.228. The molecule has 0 atom stereocenters. The maximum atomic E-state index is 13.0. The standard InChI is InChI=1S/C24H24FN3OS/c1-27-13-17(14-27)22-12-26-23-11-19(4-7-21(22)23)28-9-8-16(10-24(28)29)15-30-20-5-2-18(25)3-6-20/h2-7,10-12,17,26H,8-9,13-15H2,1H3. The van der Waals surface area contributed by atoms with E-state index in [1.165, 1.54) is 23.1 Å². The highest BCUT2D eigenvalue weighted by molar-refractivity contribution is 7.99. The summed E-state index contributed by atoms with van der Waals surface area (Å²) in [5, 5.41) is 1.26. The summed E-state index contributed by atoms with van der Waals surface area (Å²) < 4.78 is 13.0. The van der Waals surface area contributed by atoms with E-state index in [1.807, 2.05) is 4.90 Å². The SMILES string of the molecule is CN1CC(c2c[nH]c3cc(N4CCC(CSc5ccc(F)cc5)=CC4=O)ccc23)C1. The topological polar surface area (TPSA) is 39.3 Å². The number of carbonyl (C=O) groups is 1. The molecular weight excluding hydrogens is 397 g/mol. The van der Waals surface area contributed by atoms with E-state index in [4.69, 9.17) is 0 Å². The van der Waals surface area contributed by atoms with Crippen molar-refractivity contribution in [1.82, 2.24) is 9.88 Å². The molecule has 3 aromatic rings. The van der Waals surface area contributed by atoms with Crippen molar-refractivity contribution in [1.29, 1.82) is 0 Å². The molecule has 1 aromatic heterocycles. The summed E-state index contributed by atoms with van der Waals surface area (Å²) in [7, 11) is 2.14. The van der Waals surface area contributed by atoms with Gasteiger partial charge >= 0.3 is 0 Å². The molecule has 0 radical (unpaired) electrons. The minimum absolute atomic E-state index is 0.0303. The fourth-order valence-electron chi connectivity index (χ4n) is 4.31. The fraction of sp³-hybridized carbons (Fsp3) is 0.292. The second-order valence-electron chi connectivity index (χ2n) is 8.18. The molecule has 2 aliphatic rings. The van der Waals surface area contributed by atoms with Gasteiger partial charge in [0, 0.05) is 65.1 Å². The van der Waals surface area contributed by atoms with Gasteiger partial charge in [0.15, 0.2) is 0 Å². The first kappa shape index (κ1) is 19.4. The number of rotatable bonds is 5. The number of thioether (sulfide) groups is 1. The Morgan fingerprint density at radius 1 is 1.17 bits per heavy atom. The third-order valence-corrected chi connectivity index (χ3v) is 7.12. The number of aromatic amines is 1. The quantitative estimate of drug-likeness (QED) is 0.602. The summed E-state index contributed by atoms with van der Waals surface area (Å²) in [6.45, 7) is 2.88. The van der Waals surface area contributed by atoms with E-state index in [0.29, 0.717) is 12.5 Å². The Bertz CT molecular complexity index is 1120. The predicted octanol–water partition coefficient (Wildman–Crippen LogP) is 4.79. The molecule has 1 N–H and O–H groups in total. The van der Waals surface area contributed by atoms with Crippen LogP contribution in [0.25, 0.3) is 10.9 Å². The lowest BCUT2D eigenvalue weighted by atomic mass is 9.92. The Kier molecular flexibility index (Phi) is 5.13. The van der Waals surface area contributed by atoms with Gasteiger partial charge in [-0.3, -0.25) is 4.79 Å². The summed E-state index contributed by atoms with van der Waals surface area (Å²) in [6.07, 6.45) is 4.73. The molecule has 2 aliphatic heterocycles. The van der Waals surface area contributed by atoms with Gasteiger partial charge in [0.2, 0.25) is 0 Å². The summed E-state index contributed by atoms with van der Waals surface area (Å²) in [5.41, 5.74) is 4.53. The number of nitrogens with zero attached hydrogens (tertiary/aromatic N) is 2. The van der Waals surface area contributed by atoms with Gasteiger partial charge in [-0.2, -0.15) is 0 Å². The van der Waals surface area contributed by atoms with Crippen molar-refractivity contribution < 1.29 is 9.18 Å². The number of likely N-dealkylation sites (tertiary alicyclic amines) is 1. The van der Waals surface area contributed by atoms with Crippen LogP contribution in [0.5, 0.6) is 0 Å². The zero-order chi connectivity index (χ0) is 20.7. The number of hydrogen-bond acceptors (Lipinski definition) is 3. The van der Waals surface area contributed by atoms with Crippen LogP contribution in [0.3, 0.4) is 0 Å². The van der Waals surface area contributed by atoms with Gasteiger partial charge in [0.05, 0.1) is 0 Å². The number of aromatic nitrogens is 1. The van der Waals surface area contributed by atoms with Crippen LogP contribution < -0.4 is 4.90 Å². The van der Waals surface area contributed by atoms with E-state index < -0.39 is 0 Å². The average Bonchev–Trinajstić information content (AvgIpc) is 3.14. The zero-order valence-corrected chi connectivity index (χ0v) is 17.7. The van der Waals surface area contributed by atoms with Crippen molar-refractivity contribution >= 4 is 34.3 Å². The van der Waals surface area contributed by atoms with Crippen LogP contribution in [-0.4, -0.2) is 48.2 Å². The number of fused-ring (bicyclic) bond motifs is 1. The maximum Gasteiger partial charge on any atom is 0.250 e. The second kappa shape index (κ2) is 7.93. The van der Waals surface area contributed by atoms with E-state index >= 15 is 0 Å². The number of amides is 1. The Hall–Kier alpha value is -2.57. The Labute approximate surface area is 179 Å². The average molecular weight is 422 g/mol. The van der Waals surface area contributed by atoms with Gasteiger partial charge in [-0.05, 0) is 55.4 Å². The number of hydrogen-bond donors (Lipinski definition) is 1. The first-order valence-corrected chi connectivity index (χ1v) is 11.2. The van der Waals surface area contributed by atoms with Gasteiger partial charge in [-0.25, -0.2) is 4.39 Å². The summed E-state index contributed by atoms with van der Waals surface area (Å²) in [5.74, 6) is 1.14. The van der Waals surface area contributed by atoms with Crippen LogP contribution in [0.4, 0.5) is 10.1 Å². The number of anilines is 1. The number of carbonyl (C=O) groups excluding carboxylic acids is 1. The van der Waals surface area contributed by atoms with E-state index in [2.05, 4.69) is 41.3 Å². The number of halogens is 1. The molecular formula is C24H24FN3OS. The summed E-state index contributed by atoms with van der Waals surface area (Å²) in [4.78, 5) is 21.4. The minimum Gasteiger partial charge on any atom is -0.361 e. The van der Waals surface area contributed by atoms with Gasteiger partial charge in [-0.1, -0.05) is 11.6 Å². The third kappa shape index (κ3) is 3.77. The normalized spacial score (nSPS) is 18.0. The number of H-pyrrole nitrogens is 1. The molecule has 0 spiro atoms. The molecule has 3 heterocycles. The van der Waals surface area contributed by atoms with Crippen LogP contribution in [0.2, 0.25) is 0 Å². The molecule has 0 bridgehead atoms. The van der Waals surface area contributed by atoms with Gasteiger partial charge in [0.1, 0.15) is 5.82 Å². The summed E-state index contributed by atoms with van der Waals surface area (Å²) >= 11 is 1.64. The molecule has 154 valence electrons. The Morgan fingerprint density at radius 3 is 2.70 bits per heavy atom. The molecule has 1 saturated heterocycles. The highest BCUT2D eigenvalue weighted by Gasteiger charge is 2.27. The predicted molar refractivity (Wildman–Crippen MR) is 121 cm³/mol. The van der Waals surface area contributed by atoms with Crippen molar-refractivity contribution in [2.24, 2.45) is 0 Å². The van der Waals surface area contributed by atoms with Crippen LogP contribution >= 0.6 is 11.8 Å². The highest BCUT2D eigenvalue weighted by atomic mass is 32.2. The lowest BCUT2D eigenvalue weighted by Gasteiger charge is -2.36. The first-order chi connectivity index (χ1) is 14.6. The van der Waals surface area contributed by atoms with Gasteiger partial charge in [0.25, 0.3) is 5.91 Å². The van der Waals surface area contributed by atoms with Crippen molar-refractivity contribution in [3.63, 3.8) is 0 Å². The van der Waals surface area contributed by atoms with E-state index in [-0.39, 0.29) is 11.7 Å². The van der Waals surface area contributed by atoms with Crippen LogP contribution in [-0.2, 0) is 4.79 Å². The monoisotopic (exact) mass is 421 g/mol. The smallest absolute Gasteiger partial charge is 0.250 e. The molecule has 0 saturated carbocycles. The fourth-order valence-corrected chi connectivity index (χ4v) is 5.21. The second-order valence-corrected chi connectivity index (χ2v) is 9.23. The van der Waals surface area contributed by atoms with E-state index in [9.17, 15) is 9.18 Å². The molecule has 4 nitrogen and oxygen atoms in total. The molecule has 6 heteroatoms. The van der Waals surface area contributed by atoms with Crippen LogP contribution in [0.1, 0.15) is 17.9 Å². The van der Waals surface area contributed by atoms with Crippen molar-refractivity contribution in [3.05, 3.63) is 71.7 Å². The largest absolute Gasteiger partial charge is 0.361 e. The van der Waals surface area contributed by atoms with Crippen molar-refractivity contribution in [2.75, 3.05) is 37.3 Å².